The number of benzene rings is 1. The number of rotatable bonds is 6. The topological polar surface area (TPSA) is 25.2 Å². The van der Waals surface area contributed by atoms with Gasteiger partial charge in [-0.05, 0) is 24.4 Å². The first kappa shape index (κ1) is 15.1. The summed E-state index contributed by atoms with van der Waals surface area (Å²) >= 11 is 0. The van der Waals surface area contributed by atoms with Crippen molar-refractivity contribution in [1.82, 2.24) is 5.32 Å². The van der Waals surface area contributed by atoms with Crippen LogP contribution in [-0.2, 0) is 6.42 Å². The molecule has 2 heteroatoms. The summed E-state index contributed by atoms with van der Waals surface area (Å²) in [6.45, 7) is 12.2. The van der Waals surface area contributed by atoms with Gasteiger partial charge in [0.15, 0.2) is 0 Å². The maximum Gasteiger partial charge on any atom is 0.134 e. The molecule has 0 radical (unpaired) electrons. The van der Waals surface area contributed by atoms with Crippen LogP contribution in [0.4, 0.5) is 0 Å². The second-order valence-corrected chi connectivity index (χ2v) is 5.93. The number of fused-ring (bicyclic) bond motifs is 1. The minimum Gasteiger partial charge on any atom is -0.461 e. The van der Waals surface area contributed by atoms with E-state index in [1.165, 1.54) is 10.9 Å². The monoisotopic (exact) mass is 273 g/mol. The highest BCUT2D eigenvalue weighted by atomic mass is 16.3. The molecule has 2 unspecified atom stereocenters. The molecule has 0 aliphatic carbocycles. The van der Waals surface area contributed by atoms with Gasteiger partial charge in [0.2, 0.25) is 0 Å². The van der Waals surface area contributed by atoms with E-state index in [4.69, 9.17) is 4.42 Å². The second-order valence-electron chi connectivity index (χ2n) is 5.93. The van der Waals surface area contributed by atoms with Crippen LogP contribution >= 0.6 is 0 Å². The fourth-order valence-corrected chi connectivity index (χ4v) is 2.88. The first-order chi connectivity index (χ1) is 9.60. The molecule has 0 aliphatic heterocycles. The van der Waals surface area contributed by atoms with Crippen molar-refractivity contribution in [2.45, 2.75) is 47.1 Å². The van der Waals surface area contributed by atoms with Gasteiger partial charge in [0.1, 0.15) is 11.3 Å². The molecule has 1 aromatic heterocycles. The van der Waals surface area contributed by atoms with E-state index >= 15 is 0 Å². The summed E-state index contributed by atoms with van der Waals surface area (Å²) in [6, 6.07) is 8.76. The molecule has 1 N–H and O–H groups in total. The zero-order valence-electron chi connectivity index (χ0n) is 13.4. The molecule has 2 nitrogen and oxygen atoms in total. The average Bonchev–Trinajstić information content (AvgIpc) is 2.82. The average molecular weight is 273 g/mol. The van der Waals surface area contributed by atoms with Crippen molar-refractivity contribution in [2.75, 3.05) is 6.54 Å². The lowest BCUT2D eigenvalue weighted by molar-refractivity contribution is 0.304. The number of para-hydroxylation sites is 1. The SMILES string of the molecule is CCNC(c1c(CC)oc2ccccc12)C(C)C(C)C. The number of nitrogens with one attached hydrogen (secondary N) is 1. The van der Waals surface area contributed by atoms with E-state index in [1.54, 1.807) is 0 Å². The molecule has 1 aromatic carbocycles. The van der Waals surface area contributed by atoms with Gasteiger partial charge in [-0.1, -0.05) is 52.8 Å². The van der Waals surface area contributed by atoms with Crippen LogP contribution in [0.2, 0.25) is 0 Å². The van der Waals surface area contributed by atoms with E-state index in [2.05, 4.69) is 58.1 Å². The fraction of sp³-hybridized carbons (Fsp3) is 0.556. The second kappa shape index (κ2) is 6.45. The molecule has 2 aromatic rings. The van der Waals surface area contributed by atoms with Crippen molar-refractivity contribution in [2.24, 2.45) is 11.8 Å². The van der Waals surface area contributed by atoms with Crippen LogP contribution < -0.4 is 5.32 Å². The predicted octanol–water partition coefficient (Wildman–Crippen LogP) is 4.94. The molecule has 0 bridgehead atoms. The van der Waals surface area contributed by atoms with E-state index in [9.17, 15) is 0 Å². The number of aryl methyl sites for hydroxylation is 1. The molecule has 0 aliphatic rings. The lowest BCUT2D eigenvalue weighted by Gasteiger charge is -2.28. The Hall–Kier alpha value is -1.28. The minimum absolute atomic E-state index is 0.360. The van der Waals surface area contributed by atoms with Crippen molar-refractivity contribution in [3.05, 3.63) is 35.6 Å². The summed E-state index contributed by atoms with van der Waals surface area (Å²) in [7, 11) is 0. The van der Waals surface area contributed by atoms with Crippen LogP contribution in [0.1, 0.15) is 52.0 Å². The van der Waals surface area contributed by atoms with E-state index in [-0.39, 0.29) is 0 Å². The summed E-state index contributed by atoms with van der Waals surface area (Å²) < 4.78 is 6.07. The Balaban J connectivity index is 2.56. The Morgan fingerprint density at radius 2 is 1.80 bits per heavy atom. The normalized spacial score (nSPS) is 14.9. The van der Waals surface area contributed by atoms with E-state index in [0.717, 1.165) is 24.3 Å². The first-order valence-corrected chi connectivity index (χ1v) is 7.83. The van der Waals surface area contributed by atoms with Crippen molar-refractivity contribution in [1.29, 1.82) is 0 Å². The number of furan rings is 1. The molecular formula is C18H27NO. The third-order valence-electron chi connectivity index (χ3n) is 4.34. The maximum absolute atomic E-state index is 6.07. The lowest BCUT2D eigenvalue weighted by atomic mass is 9.84. The highest BCUT2D eigenvalue weighted by Gasteiger charge is 2.27. The van der Waals surface area contributed by atoms with E-state index in [1.807, 2.05) is 6.07 Å². The highest BCUT2D eigenvalue weighted by molar-refractivity contribution is 5.82. The molecule has 0 saturated heterocycles. The third kappa shape index (κ3) is 2.76. The predicted molar refractivity (Wildman–Crippen MR) is 86.0 cm³/mol. The molecule has 0 fully saturated rings. The smallest absolute Gasteiger partial charge is 0.134 e. The van der Waals surface area contributed by atoms with Gasteiger partial charge in [0.05, 0.1) is 0 Å². The van der Waals surface area contributed by atoms with Crippen molar-refractivity contribution in [3.8, 4) is 0 Å². The first-order valence-electron chi connectivity index (χ1n) is 7.83. The van der Waals surface area contributed by atoms with Gasteiger partial charge in [-0.2, -0.15) is 0 Å². The molecule has 0 saturated carbocycles. The standard InChI is InChI=1S/C18H27NO/c1-6-15-17(14-10-8-9-11-16(14)20-15)18(19-7-2)13(5)12(3)4/h8-13,18-19H,6-7H2,1-5H3. The number of hydrogen-bond acceptors (Lipinski definition) is 2. The van der Waals surface area contributed by atoms with Gasteiger partial charge in [-0.15, -0.1) is 0 Å². The summed E-state index contributed by atoms with van der Waals surface area (Å²) in [5, 5.41) is 4.94. The minimum atomic E-state index is 0.360. The summed E-state index contributed by atoms with van der Waals surface area (Å²) in [4.78, 5) is 0. The quantitative estimate of drug-likeness (QED) is 0.806. The van der Waals surface area contributed by atoms with Crippen LogP contribution in [0.5, 0.6) is 0 Å². The summed E-state index contributed by atoms with van der Waals surface area (Å²) in [5.74, 6) is 2.34. The third-order valence-corrected chi connectivity index (χ3v) is 4.34. The Bertz CT molecular complexity index is 556. The van der Waals surface area contributed by atoms with Gasteiger partial charge in [-0.3, -0.25) is 0 Å². The van der Waals surface area contributed by atoms with E-state index < -0.39 is 0 Å². The zero-order valence-corrected chi connectivity index (χ0v) is 13.4. The van der Waals surface area contributed by atoms with Gasteiger partial charge in [-0.25, -0.2) is 0 Å². The Labute approximate surface area is 122 Å². The molecule has 1 heterocycles. The van der Waals surface area contributed by atoms with Crippen LogP contribution in [0, 0.1) is 11.8 Å². The van der Waals surface area contributed by atoms with Gasteiger partial charge < -0.3 is 9.73 Å². The highest BCUT2D eigenvalue weighted by Crippen LogP contribution is 2.37. The van der Waals surface area contributed by atoms with Crippen molar-refractivity contribution < 1.29 is 4.42 Å². The Morgan fingerprint density at radius 3 is 2.40 bits per heavy atom. The van der Waals surface area contributed by atoms with Crippen LogP contribution in [0.15, 0.2) is 28.7 Å². The maximum atomic E-state index is 6.07. The van der Waals surface area contributed by atoms with E-state index in [0.29, 0.717) is 17.9 Å². The number of hydrogen-bond donors (Lipinski definition) is 1. The van der Waals surface area contributed by atoms with Gasteiger partial charge in [0.25, 0.3) is 0 Å². The van der Waals surface area contributed by atoms with Crippen molar-refractivity contribution in [3.63, 3.8) is 0 Å². The Morgan fingerprint density at radius 1 is 1.10 bits per heavy atom. The van der Waals surface area contributed by atoms with Crippen LogP contribution in [-0.4, -0.2) is 6.54 Å². The molecule has 0 amide bonds. The fourth-order valence-electron chi connectivity index (χ4n) is 2.88. The summed E-state index contributed by atoms with van der Waals surface area (Å²) in [5.41, 5.74) is 2.38. The Kier molecular flexibility index (Phi) is 4.87. The largest absolute Gasteiger partial charge is 0.461 e. The molecule has 2 rings (SSSR count). The van der Waals surface area contributed by atoms with Crippen LogP contribution in [0.25, 0.3) is 11.0 Å². The van der Waals surface area contributed by atoms with Crippen molar-refractivity contribution >= 4 is 11.0 Å². The molecule has 110 valence electrons. The van der Waals surface area contributed by atoms with Gasteiger partial charge >= 0.3 is 0 Å². The molecule has 20 heavy (non-hydrogen) atoms. The molecule has 2 atom stereocenters. The van der Waals surface area contributed by atoms with Gasteiger partial charge in [0, 0.05) is 23.4 Å². The van der Waals surface area contributed by atoms with Crippen LogP contribution in [0.3, 0.4) is 0 Å². The molecular weight excluding hydrogens is 246 g/mol. The lowest BCUT2D eigenvalue weighted by Crippen LogP contribution is -2.30. The molecule has 0 spiro atoms. The summed E-state index contributed by atoms with van der Waals surface area (Å²) in [6.07, 6.45) is 0.941. The zero-order chi connectivity index (χ0) is 14.7.